The Kier molecular flexibility index (Phi) is 13.3. The smallest absolute Gasteiger partial charge is 0.215 e. The molecule has 0 atom stereocenters. The molecule has 40 heavy (non-hydrogen) atoms. The first-order chi connectivity index (χ1) is 19.1. The van der Waals surface area contributed by atoms with Crippen LogP contribution in [0.15, 0.2) is 46.6 Å². The van der Waals surface area contributed by atoms with Gasteiger partial charge in [-0.25, -0.2) is 0 Å². The van der Waals surface area contributed by atoms with Crippen molar-refractivity contribution in [2.24, 2.45) is 4.99 Å². The third-order valence-electron chi connectivity index (χ3n) is 6.39. The second-order valence-corrected chi connectivity index (χ2v) is 9.79. The summed E-state index contributed by atoms with van der Waals surface area (Å²) >= 11 is 3.78. The van der Waals surface area contributed by atoms with Crippen LogP contribution < -0.4 is 10.6 Å². The van der Waals surface area contributed by atoms with E-state index in [1.807, 2.05) is 25.2 Å². The Bertz CT molecular complexity index is 1160. The topological polar surface area (TPSA) is 175 Å². The molecule has 0 spiro atoms. The zero-order chi connectivity index (χ0) is 29.7. The van der Waals surface area contributed by atoms with Gasteiger partial charge >= 0.3 is 0 Å². The molecular weight excluding hydrogens is 536 g/mol. The molecule has 218 valence electrons. The van der Waals surface area contributed by atoms with Crippen molar-refractivity contribution in [1.29, 1.82) is 0 Å². The summed E-state index contributed by atoms with van der Waals surface area (Å²) in [5.41, 5.74) is 2.58. The van der Waals surface area contributed by atoms with E-state index in [4.69, 9.17) is 5.11 Å². The van der Waals surface area contributed by atoms with E-state index < -0.39 is 28.7 Å². The van der Waals surface area contributed by atoms with Gasteiger partial charge in [0.1, 0.15) is 12.0 Å². The van der Waals surface area contributed by atoms with Crippen molar-refractivity contribution in [3.63, 3.8) is 0 Å². The number of hydrogen-bond donors (Lipinski definition) is 8. The van der Waals surface area contributed by atoms with Gasteiger partial charge in [-0.15, -0.1) is 12.6 Å². The van der Waals surface area contributed by atoms with Crippen LogP contribution in [0.25, 0.3) is 0 Å². The second-order valence-electron chi connectivity index (χ2n) is 9.38. The highest BCUT2D eigenvalue weighted by molar-refractivity contribution is 7.97. The van der Waals surface area contributed by atoms with Gasteiger partial charge in [0.05, 0.1) is 0 Å². The summed E-state index contributed by atoms with van der Waals surface area (Å²) in [6.45, 7) is 6.60. The first kappa shape index (κ1) is 32.5. The fraction of sp³-hybridized carbons (Fsp3) is 0.393. The molecule has 0 radical (unpaired) electrons. The quantitative estimate of drug-likeness (QED) is 0.0554. The molecule has 0 unspecified atom stereocenters. The lowest BCUT2D eigenvalue weighted by atomic mass is 9.93. The number of hydrogen-bond acceptors (Lipinski definition) is 11. The number of phenolic OH excluding ortho intramolecular Hbond substituents is 5. The lowest BCUT2D eigenvalue weighted by Gasteiger charge is -2.28. The average Bonchev–Trinajstić information content (AvgIpc) is 2.93. The number of nitrogens with zero attached hydrogens (tertiary/aromatic N) is 2. The number of aldehydes is 1. The summed E-state index contributed by atoms with van der Waals surface area (Å²) < 4.78 is 0. The summed E-state index contributed by atoms with van der Waals surface area (Å²) in [5.74, 6) is -3.97. The maximum Gasteiger partial charge on any atom is 0.215 e. The number of carbonyl (C=O) groups is 2. The molecule has 1 saturated carbocycles. The van der Waals surface area contributed by atoms with Gasteiger partial charge in [-0.2, -0.15) is 0 Å². The molecular formula is C28H38N4O7S. The van der Waals surface area contributed by atoms with E-state index in [0.717, 1.165) is 57.3 Å². The van der Waals surface area contributed by atoms with Gasteiger partial charge in [-0.05, 0) is 38.6 Å². The molecule has 1 heterocycles. The Morgan fingerprint density at radius 1 is 1.07 bits per heavy atom. The minimum Gasteiger partial charge on any atom is -0.503 e. The largest absolute Gasteiger partial charge is 0.503 e. The number of benzene rings is 2. The summed E-state index contributed by atoms with van der Waals surface area (Å²) in [6.07, 6.45) is 5.14. The van der Waals surface area contributed by atoms with Crippen LogP contribution in [0.1, 0.15) is 37.7 Å². The number of likely N-dealkylation sites (N-methyl/N-ethyl adjacent to an activating group) is 1. The maximum atomic E-state index is 11.0. The highest BCUT2D eigenvalue weighted by Gasteiger charge is 2.26. The summed E-state index contributed by atoms with van der Waals surface area (Å²) in [6, 6.07) is 10.2. The van der Waals surface area contributed by atoms with Crippen molar-refractivity contribution in [1.82, 2.24) is 10.2 Å². The third kappa shape index (κ3) is 9.47. The zero-order valence-corrected chi connectivity index (χ0v) is 23.4. The second kappa shape index (κ2) is 16.4. The first-order valence-electron chi connectivity index (χ1n) is 12.8. The molecule has 0 bridgehead atoms. The Labute approximate surface area is 239 Å². The molecule has 0 amide bonds. The van der Waals surface area contributed by atoms with Crippen LogP contribution >= 0.6 is 12.6 Å². The molecule has 12 heteroatoms. The van der Waals surface area contributed by atoms with E-state index in [1.165, 1.54) is 5.56 Å². The third-order valence-corrected chi connectivity index (χ3v) is 6.66. The number of carbonyl (C=O) groups excluding carboxylic acids is 2. The molecule has 2 aromatic rings. The minimum atomic E-state index is -0.936. The van der Waals surface area contributed by atoms with Crippen LogP contribution in [-0.4, -0.2) is 81.3 Å². The van der Waals surface area contributed by atoms with Gasteiger partial charge in [-0.1, -0.05) is 30.3 Å². The molecule has 2 aliphatic rings. The number of thiol groups is 1. The van der Waals surface area contributed by atoms with Crippen LogP contribution in [0.4, 0.5) is 5.69 Å². The lowest BCUT2D eigenvalue weighted by molar-refractivity contribution is -0.108. The molecule has 0 aromatic heterocycles. The Morgan fingerprint density at radius 2 is 1.68 bits per heavy atom. The van der Waals surface area contributed by atoms with Crippen LogP contribution in [-0.2, 0) is 16.1 Å². The van der Waals surface area contributed by atoms with Crippen molar-refractivity contribution in [3.8, 4) is 28.7 Å². The average molecular weight is 575 g/mol. The van der Waals surface area contributed by atoms with Gasteiger partial charge < -0.3 is 45.9 Å². The van der Waals surface area contributed by atoms with Crippen molar-refractivity contribution in [2.45, 2.75) is 44.7 Å². The standard InChI is InChI=1S/C10H13NO5.C10H13NO.C8H12N2OS/c12-6-5(11-4-2-1-3-4)7(13)9(15)10(16)8(6)14;12-8-4-7-11-9-10-5-2-1-3-6-10;1-9-7-3-4-10(2)5-6(7)8(11)12/h4,11-16H,1-3H2;1-3,5-6,8,11H,4,7,9H2;1,3-5H2,2H3,(H,11,12). The summed E-state index contributed by atoms with van der Waals surface area (Å²) in [7, 11) is 1.97. The summed E-state index contributed by atoms with van der Waals surface area (Å²) in [4.78, 5) is 26.9. The number of rotatable bonds is 9. The molecule has 1 aliphatic heterocycles. The van der Waals surface area contributed by atoms with E-state index in [0.29, 0.717) is 18.5 Å². The fourth-order valence-corrected chi connectivity index (χ4v) is 4.02. The number of anilines is 1. The maximum absolute atomic E-state index is 11.0. The molecule has 2 aromatic carbocycles. The summed E-state index contributed by atoms with van der Waals surface area (Å²) in [5, 5.41) is 52.5. The van der Waals surface area contributed by atoms with Gasteiger partial charge in [0.15, 0.2) is 11.5 Å². The van der Waals surface area contributed by atoms with E-state index in [9.17, 15) is 30.0 Å². The van der Waals surface area contributed by atoms with E-state index >= 15 is 0 Å². The molecule has 7 N–H and O–H groups in total. The number of nitrogens with one attached hydrogen (secondary N) is 2. The number of aliphatic imine (C=N–C) groups is 1. The van der Waals surface area contributed by atoms with Gasteiger partial charge in [0.25, 0.3) is 0 Å². The number of aromatic hydroxyl groups is 5. The van der Waals surface area contributed by atoms with Crippen molar-refractivity contribution in [2.75, 3.05) is 32.0 Å². The molecule has 1 aliphatic carbocycles. The van der Waals surface area contributed by atoms with E-state index in [2.05, 4.69) is 52.0 Å². The molecule has 0 saturated heterocycles. The van der Waals surface area contributed by atoms with Crippen LogP contribution in [0.2, 0.25) is 0 Å². The normalized spacial score (nSPS) is 15.1. The van der Waals surface area contributed by atoms with Gasteiger partial charge in [0.2, 0.25) is 22.4 Å². The lowest BCUT2D eigenvalue weighted by Crippen LogP contribution is -2.29. The van der Waals surface area contributed by atoms with Crippen molar-refractivity contribution < 1.29 is 35.1 Å². The predicted octanol–water partition coefficient (Wildman–Crippen LogP) is 3.28. The number of phenols is 5. The zero-order valence-electron chi connectivity index (χ0n) is 22.5. The van der Waals surface area contributed by atoms with Crippen LogP contribution in [0, 0.1) is 0 Å². The van der Waals surface area contributed by atoms with E-state index in [-0.39, 0.29) is 16.8 Å². The van der Waals surface area contributed by atoms with Gasteiger partial charge in [-0.3, -0.25) is 9.79 Å². The fourth-order valence-electron chi connectivity index (χ4n) is 3.82. The Balaban J connectivity index is 0.000000214. The molecule has 1 fully saturated rings. The van der Waals surface area contributed by atoms with Crippen LogP contribution in [0.3, 0.4) is 0 Å². The van der Waals surface area contributed by atoms with Crippen molar-refractivity contribution >= 4 is 36.4 Å². The monoisotopic (exact) mass is 574 g/mol. The minimum absolute atomic E-state index is 0.0974. The Morgan fingerprint density at radius 3 is 2.17 bits per heavy atom. The van der Waals surface area contributed by atoms with Gasteiger partial charge in [0, 0.05) is 56.3 Å². The van der Waals surface area contributed by atoms with E-state index in [1.54, 1.807) is 0 Å². The predicted molar refractivity (Wildman–Crippen MR) is 158 cm³/mol. The first-order valence-corrected chi connectivity index (χ1v) is 13.3. The highest BCUT2D eigenvalue weighted by Crippen LogP contribution is 2.54. The van der Waals surface area contributed by atoms with Crippen molar-refractivity contribution in [3.05, 3.63) is 47.2 Å². The molecule has 4 rings (SSSR count). The SMILES string of the molecule is C=NC1=C(C(=O)S)CN(C)CC1.O=CCCNCc1ccccc1.Oc1c(O)c(O)c(NC2CCC2)c(O)c1O. The molecule has 11 nitrogen and oxygen atoms in total. The highest BCUT2D eigenvalue weighted by atomic mass is 32.1. The Hall–Kier alpha value is -3.74. The van der Waals surface area contributed by atoms with Crippen LogP contribution in [0.5, 0.6) is 28.7 Å².